The van der Waals surface area contributed by atoms with E-state index in [0.717, 1.165) is 69.7 Å². The number of ether oxygens (including phenoxy) is 1. The number of amides is 1. The average molecular weight is 645 g/mol. The van der Waals surface area contributed by atoms with Gasteiger partial charge in [0.1, 0.15) is 4.90 Å². The molecular weight excluding hydrogens is 597 g/mol. The second-order valence-electron chi connectivity index (χ2n) is 14.5. The third-order valence-corrected chi connectivity index (χ3v) is 13.8. The zero-order valence-electron chi connectivity index (χ0n) is 26.0. The first-order valence-corrected chi connectivity index (χ1v) is 17.6. The van der Waals surface area contributed by atoms with Crippen molar-refractivity contribution in [2.75, 3.05) is 0 Å². The molecule has 0 aromatic carbocycles. The van der Waals surface area contributed by atoms with Crippen LogP contribution in [0, 0.1) is 52.3 Å². The van der Waals surface area contributed by atoms with Crippen molar-refractivity contribution in [1.29, 1.82) is 0 Å². The van der Waals surface area contributed by atoms with E-state index < -0.39 is 39.2 Å². The van der Waals surface area contributed by atoms with E-state index in [1.807, 2.05) is 4.72 Å². The van der Waals surface area contributed by atoms with E-state index in [4.69, 9.17) is 0 Å². The van der Waals surface area contributed by atoms with Crippen molar-refractivity contribution in [3.05, 3.63) is 18.3 Å². The molecule has 1 amide bonds. The number of aromatic nitrogens is 1. The zero-order chi connectivity index (χ0) is 32.2. The number of carbonyl (C=O) groups is 1. The van der Waals surface area contributed by atoms with Gasteiger partial charge in [0, 0.05) is 12.6 Å². The Morgan fingerprint density at radius 2 is 1.80 bits per heavy atom. The monoisotopic (exact) mass is 644 g/mol. The van der Waals surface area contributed by atoms with Crippen LogP contribution in [-0.4, -0.2) is 48.1 Å². The van der Waals surface area contributed by atoms with Crippen molar-refractivity contribution >= 4 is 15.9 Å². The molecule has 0 spiro atoms. The van der Waals surface area contributed by atoms with Gasteiger partial charge in [0.25, 0.3) is 10.0 Å². The van der Waals surface area contributed by atoms with Gasteiger partial charge >= 0.3 is 6.36 Å². The number of sulfonamides is 1. The summed E-state index contributed by atoms with van der Waals surface area (Å²) in [6, 6.07) is 2.06. The van der Waals surface area contributed by atoms with Crippen LogP contribution in [0.15, 0.2) is 23.2 Å². The molecule has 4 saturated carbocycles. The lowest BCUT2D eigenvalue weighted by Crippen LogP contribution is -2.62. The van der Waals surface area contributed by atoms with Gasteiger partial charge in [0.2, 0.25) is 11.8 Å². The molecule has 1 aromatic heterocycles. The Morgan fingerprint density at radius 1 is 1.11 bits per heavy atom. The molecule has 0 saturated heterocycles. The molecular formula is C32H47F3N2O6S. The summed E-state index contributed by atoms with van der Waals surface area (Å²) in [5.41, 5.74) is 0.0943. The van der Waals surface area contributed by atoms with Crippen LogP contribution in [0.3, 0.4) is 0 Å². The summed E-state index contributed by atoms with van der Waals surface area (Å²) in [5, 5.41) is 22.4. The van der Waals surface area contributed by atoms with Crippen LogP contribution in [0.5, 0.6) is 5.88 Å². The lowest BCUT2D eigenvalue weighted by molar-refractivity contribution is -0.277. The maximum atomic E-state index is 12.8. The first-order valence-electron chi connectivity index (χ1n) is 16.1. The number of alkyl halides is 3. The molecule has 4 aliphatic rings. The third-order valence-electron chi connectivity index (χ3n) is 12.5. The molecule has 1 aromatic rings. The van der Waals surface area contributed by atoms with Crippen LogP contribution in [0.25, 0.3) is 0 Å². The molecule has 3 N–H and O–H groups in total. The normalized spacial score (nSPS) is 39.5. The van der Waals surface area contributed by atoms with Crippen molar-refractivity contribution in [2.24, 2.45) is 52.3 Å². The summed E-state index contributed by atoms with van der Waals surface area (Å²) >= 11 is 0. The fourth-order valence-corrected chi connectivity index (χ4v) is 11.6. The Bertz CT molecular complexity index is 1330. The van der Waals surface area contributed by atoms with Gasteiger partial charge in [-0.25, -0.2) is 18.1 Å². The summed E-state index contributed by atoms with van der Waals surface area (Å²) in [4.78, 5) is 15.3. The fraction of sp³-hybridized carbons (Fsp3) is 0.812. The van der Waals surface area contributed by atoms with Gasteiger partial charge in [-0.15, -0.1) is 13.2 Å². The van der Waals surface area contributed by atoms with Crippen LogP contribution in [-0.2, 0) is 14.8 Å². The third kappa shape index (κ3) is 5.99. The minimum Gasteiger partial charge on any atom is -0.393 e. The topological polar surface area (TPSA) is 126 Å². The van der Waals surface area contributed by atoms with Gasteiger partial charge in [-0.1, -0.05) is 34.1 Å². The number of rotatable bonds is 8. The second-order valence-corrected chi connectivity index (χ2v) is 16.2. The summed E-state index contributed by atoms with van der Waals surface area (Å²) in [5.74, 6) is -0.0688. The van der Waals surface area contributed by atoms with Gasteiger partial charge in [-0.3, -0.25) is 4.79 Å². The number of hydrogen-bond donors (Lipinski definition) is 3. The van der Waals surface area contributed by atoms with Crippen molar-refractivity contribution < 1.29 is 41.3 Å². The highest BCUT2D eigenvalue weighted by atomic mass is 32.2. The van der Waals surface area contributed by atoms with Gasteiger partial charge in [0.15, 0.2) is 0 Å². The van der Waals surface area contributed by atoms with Crippen LogP contribution in [0.2, 0.25) is 0 Å². The Kier molecular flexibility index (Phi) is 9.14. The summed E-state index contributed by atoms with van der Waals surface area (Å²) in [6.45, 7) is 8.99. The van der Waals surface area contributed by atoms with Crippen LogP contribution in [0.1, 0.15) is 91.9 Å². The Balaban J connectivity index is 1.25. The smallest absolute Gasteiger partial charge is 0.393 e. The molecule has 1 heterocycles. The predicted molar refractivity (Wildman–Crippen MR) is 156 cm³/mol. The van der Waals surface area contributed by atoms with E-state index in [9.17, 15) is 36.6 Å². The summed E-state index contributed by atoms with van der Waals surface area (Å²) in [6.07, 6.45) is 2.99. The first kappa shape index (κ1) is 33.4. The van der Waals surface area contributed by atoms with E-state index in [1.54, 1.807) is 0 Å². The number of aliphatic hydroxyl groups is 2. The molecule has 0 bridgehead atoms. The highest BCUT2D eigenvalue weighted by Crippen LogP contribution is 2.69. The van der Waals surface area contributed by atoms with E-state index in [-0.39, 0.29) is 41.1 Å². The first-order chi connectivity index (χ1) is 20.5. The summed E-state index contributed by atoms with van der Waals surface area (Å²) in [7, 11) is -4.64. The quantitative estimate of drug-likeness (QED) is 0.325. The number of carbonyl (C=O) groups excluding carboxylic acids is 1. The van der Waals surface area contributed by atoms with E-state index in [0.29, 0.717) is 30.1 Å². The Labute approximate surface area is 258 Å². The van der Waals surface area contributed by atoms with Crippen molar-refractivity contribution in [3.8, 4) is 5.88 Å². The number of aliphatic hydroxyl groups excluding tert-OH is 2. The van der Waals surface area contributed by atoms with Gasteiger partial charge in [0.05, 0.1) is 12.2 Å². The number of nitrogens with zero attached hydrogens (tertiary/aromatic N) is 1. The number of hydrogen-bond acceptors (Lipinski definition) is 7. The van der Waals surface area contributed by atoms with E-state index in [1.165, 1.54) is 0 Å². The van der Waals surface area contributed by atoms with Crippen LogP contribution in [0.4, 0.5) is 13.2 Å². The number of pyridine rings is 1. The second kappa shape index (κ2) is 12.0. The highest BCUT2D eigenvalue weighted by molar-refractivity contribution is 7.90. The van der Waals surface area contributed by atoms with Gasteiger partial charge < -0.3 is 14.9 Å². The zero-order valence-corrected chi connectivity index (χ0v) is 26.8. The minimum absolute atomic E-state index is 0.0146. The molecule has 5 rings (SSSR count). The standard InChI is InChI=1S/C32H47F3N2O6S/c1-5-20-24-17-19(38)12-14-31(24,4)23-13-15-30(3)21(9-10-22(30)27(23)28(20)40)18(2)8-11-26(39)37-44(41,42)25-7-6-16-36-29(25)43-32(33,34)35/h6-7,16,18-24,27-28,38,40H,5,8-15,17H2,1-4H3,(H,37,39)/t18-,19-,20-,21-,22?,23?,24+,27?,28-,30-,31-/m1/s1. The molecule has 248 valence electrons. The largest absolute Gasteiger partial charge is 0.574 e. The van der Waals surface area contributed by atoms with Crippen molar-refractivity contribution in [2.45, 2.75) is 115 Å². The SMILES string of the molecule is CC[C@H]1[C@@H](O)C2C3CC[C@H]([C@H](C)CCC(=O)NS(=O)(=O)c4cccnc4OC(F)(F)F)[C@@]3(C)CCC2[C@@]2(C)CC[C@@H](O)C[C@@H]12. The summed E-state index contributed by atoms with van der Waals surface area (Å²) < 4.78 is 69.5. The predicted octanol–water partition coefficient (Wildman–Crippen LogP) is 5.83. The minimum atomic E-state index is -5.14. The molecule has 3 unspecified atom stereocenters. The number of fused-ring (bicyclic) bond motifs is 5. The lowest BCUT2D eigenvalue weighted by Gasteiger charge is -2.64. The van der Waals surface area contributed by atoms with E-state index >= 15 is 0 Å². The molecule has 11 atom stereocenters. The maximum absolute atomic E-state index is 12.8. The van der Waals surface area contributed by atoms with Crippen molar-refractivity contribution in [3.63, 3.8) is 0 Å². The molecule has 4 aliphatic carbocycles. The van der Waals surface area contributed by atoms with Gasteiger partial charge in [-0.2, -0.15) is 0 Å². The Morgan fingerprint density at radius 3 is 2.48 bits per heavy atom. The fourth-order valence-electron chi connectivity index (χ4n) is 10.5. The van der Waals surface area contributed by atoms with Crippen molar-refractivity contribution in [1.82, 2.24) is 9.71 Å². The molecule has 12 heteroatoms. The highest BCUT2D eigenvalue weighted by Gasteiger charge is 2.64. The molecule has 0 aliphatic heterocycles. The molecule has 8 nitrogen and oxygen atoms in total. The molecule has 0 radical (unpaired) electrons. The van der Waals surface area contributed by atoms with Crippen LogP contribution >= 0.6 is 0 Å². The Hall–Kier alpha value is -1.92. The van der Waals surface area contributed by atoms with Crippen LogP contribution < -0.4 is 9.46 Å². The van der Waals surface area contributed by atoms with Gasteiger partial charge in [-0.05, 0) is 116 Å². The lowest BCUT2D eigenvalue weighted by atomic mass is 9.41. The average Bonchev–Trinajstić information content (AvgIpc) is 3.29. The molecule has 44 heavy (non-hydrogen) atoms. The van der Waals surface area contributed by atoms with E-state index in [2.05, 4.69) is 37.4 Å². The molecule has 4 fully saturated rings. The maximum Gasteiger partial charge on any atom is 0.574 e. The number of nitrogens with one attached hydrogen (secondary N) is 1. The number of halogens is 3.